The van der Waals surface area contributed by atoms with E-state index in [0.717, 1.165) is 11.0 Å². The number of hydrogen-bond donors (Lipinski definition) is 1. The zero-order valence-electron chi connectivity index (χ0n) is 14.8. The second-order valence-electron chi connectivity index (χ2n) is 6.86. The predicted octanol–water partition coefficient (Wildman–Crippen LogP) is 1.99. The Morgan fingerprint density at radius 1 is 1.12 bits per heavy atom. The lowest BCUT2D eigenvalue weighted by Gasteiger charge is -2.32. The van der Waals surface area contributed by atoms with Gasteiger partial charge in [-0.2, -0.15) is 0 Å². The lowest BCUT2D eigenvalue weighted by Crippen LogP contribution is -2.41. The van der Waals surface area contributed by atoms with Crippen molar-refractivity contribution in [1.82, 2.24) is 0 Å². The van der Waals surface area contributed by atoms with Gasteiger partial charge in [-0.3, -0.25) is 0 Å². The number of ether oxygens (including phenoxy) is 2. The van der Waals surface area contributed by atoms with E-state index in [-0.39, 0.29) is 17.8 Å². The van der Waals surface area contributed by atoms with Crippen molar-refractivity contribution in [2.24, 2.45) is 5.73 Å². The molecule has 7 heteroatoms. The highest BCUT2D eigenvalue weighted by Crippen LogP contribution is 2.36. The van der Waals surface area contributed by atoms with Crippen molar-refractivity contribution in [3.05, 3.63) is 29.8 Å². The topological polar surface area (TPSA) is 80.0 Å². The van der Waals surface area contributed by atoms with E-state index < -0.39 is 13.2 Å². The van der Waals surface area contributed by atoms with Crippen molar-refractivity contribution < 1.29 is 23.6 Å². The highest BCUT2D eigenvalue weighted by molar-refractivity contribution is 6.62. The molecule has 24 heavy (non-hydrogen) atoms. The molecule has 0 aromatic heterocycles. The summed E-state index contributed by atoms with van der Waals surface area (Å²) in [6, 6.07) is 7.92. The second kappa shape index (κ2) is 7.55. The van der Waals surface area contributed by atoms with Crippen molar-refractivity contribution in [3.8, 4) is 0 Å². The molecule has 1 amide bonds. The standard InChI is InChI=1S/C17H26BNO5/c1-16(2)17(3,4)24-18(23-16)14-9-6-5-8-13(14)12-21-10-7-11-22-15(19)20/h5-6,8-9H,7,10-12H2,1-4H3,(H2,19,20). The molecule has 132 valence electrons. The molecule has 0 saturated carbocycles. The van der Waals surface area contributed by atoms with E-state index in [2.05, 4.69) is 4.74 Å². The molecule has 1 aromatic carbocycles. The van der Waals surface area contributed by atoms with Crippen LogP contribution in [0.5, 0.6) is 0 Å². The minimum atomic E-state index is -0.763. The predicted molar refractivity (Wildman–Crippen MR) is 92.0 cm³/mol. The van der Waals surface area contributed by atoms with Crippen LogP contribution in [0.15, 0.2) is 24.3 Å². The Kier molecular flexibility index (Phi) is 5.90. The van der Waals surface area contributed by atoms with E-state index in [9.17, 15) is 4.79 Å². The van der Waals surface area contributed by atoms with Gasteiger partial charge in [0, 0.05) is 6.42 Å². The Labute approximate surface area is 143 Å². The minimum absolute atomic E-state index is 0.258. The molecule has 6 nitrogen and oxygen atoms in total. The van der Waals surface area contributed by atoms with E-state index in [1.54, 1.807) is 0 Å². The molecular weight excluding hydrogens is 309 g/mol. The minimum Gasteiger partial charge on any atom is -0.450 e. The summed E-state index contributed by atoms with van der Waals surface area (Å²) < 4.78 is 22.6. The largest absolute Gasteiger partial charge is 0.495 e. The van der Waals surface area contributed by atoms with Gasteiger partial charge in [-0.15, -0.1) is 0 Å². The molecule has 1 fully saturated rings. The molecule has 0 aliphatic carbocycles. The summed E-state index contributed by atoms with van der Waals surface area (Å²) >= 11 is 0. The molecule has 1 aromatic rings. The summed E-state index contributed by atoms with van der Waals surface area (Å²) in [5, 5.41) is 0. The Morgan fingerprint density at radius 2 is 1.75 bits per heavy atom. The Morgan fingerprint density at radius 3 is 2.38 bits per heavy atom. The molecule has 2 N–H and O–H groups in total. The molecule has 2 rings (SSSR count). The van der Waals surface area contributed by atoms with Crippen LogP contribution >= 0.6 is 0 Å². The smallest absolute Gasteiger partial charge is 0.450 e. The summed E-state index contributed by atoms with van der Waals surface area (Å²) in [4.78, 5) is 10.5. The van der Waals surface area contributed by atoms with E-state index in [1.165, 1.54) is 0 Å². The average Bonchev–Trinajstić information content (AvgIpc) is 2.71. The van der Waals surface area contributed by atoms with Gasteiger partial charge in [0.25, 0.3) is 0 Å². The van der Waals surface area contributed by atoms with Crippen LogP contribution in [0, 0.1) is 0 Å². The van der Waals surface area contributed by atoms with Gasteiger partial charge >= 0.3 is 13.2 Å². The van der Waals surface area contributed by atoms with Gasteiger partial charge in [0.1, 0.15) is 0 Å². The van der Waals surface area contributed by atoms with Gasteiger partial charge in [0.15, 0.2) is 0 Å². The fourth-order valence-electron chi connectivity index (χ4n) is 2.38. The summed E-state index contributed by atoms with van der Waals surface area (Å²) in [5.41, 5.74) is 6.14. The maximum Gasteiger partial charge on any atom is 0.495 e. The van der Waals surface area contributed by atoms with Crippen LogP contribution in [0.3, 0.4) is 0 Å². The first-order chi connectivity index (χ1) is 11.2. The van der Waals surface area contributed by atoms with Crippen molar-refractivity contribution >= 4 is 18.7 Å². The van der Waals surface area contributed by atoms with Crippen molar-refractivity contribution in [2.75, 3.05) is 13.2 Å². The molecule has 0 radical (unpaired) electrons. The number of carbonyl (C=O) groups is 1. The van der Waals surface area contributed by atoms with Gasteiger partial charge in [0.05, 0.1) is 31.0 Å². The van der Waals surface area contributed by atoms with Gasteiger partial charge < -0.3 is 24.5 Å². The van der Waals surface area contributed by atoms with E-state index in [1.807, 2.05) is 52.0 Å². The lowest BCUT2D eigenvalue weighted by molar-refractivity contribution is 0.00578. The number of hydrogen-bond acceptors (Lipinski definition) is 5. The summed E-state index contributed by atoms with van der Waals surface area (Å²) in [6.07, 6.45) is -0.164. The normalized spacial score (nSPS) is 18.6. The zero-order chi connectivity index (χ0) is 17.8. The molecule has 1 heterocycles. The van der Waals surface area contributed by atoms with Crippen LogP contribution in [-0.2, 0) is 25.4 Å². The van der Waals surface area contributed by atoms with Gasteiger partial charge in [-0.25, -0.2) is 4.79 Å². The van der Waals surface area contributed by atoms with Gasteiger partial charge in [0.2, 0.25) is 0 Å². The van der Waals surface area contributed by atoms with Crippen molar-refractivity contribution in [1.29, 1.82) is 0 Å². The number of primary amides is 1. The average molecular weight is 335 g/mol. The third-order valence-electron chi connectivity index (χ3n) is 4.50. The fraction of sp³-hybridized carbons (Fsp3) is 0.588. The van der Waals surface area contributed by atoms with Crippen LogP contribution in [0.4, 0.5) is 4.79 Å². The second-order valence-corrected chi connectivity index (χ2v) is 6.86. The molecule has 0 atom stereocenters. The van der Waals surface area contributed by atoms with Crippen LogP contribution in [0.25, 0.3) is 0 Å². The first-order valence-corrected chi connectivity index (χ1v) is 8.16. The maximum atomic E-state index is 10.5. The van der Waals surface area contributed by atoms with Crippen LogP contribution < -0.4 is 11.2 Å². The van der Waals surface area contributed by atoms with E-state index in [0.29, 0.717) is 19.6 Å². The number of carbonyl (C=O) groups excluding carboxylic acids is 1. The zero-order valence-corrected chi connectivity index (χ0v) is 14.8. The molecule has 0 unspecified atom stereocenters. The third kappa shape index (κ3) is 4.50. The van der Waals surface area contributed by atoms with Crippen LogP contribution in [0.2, 0.25) is 0 Å². The number of amides is 1. The third-order valence-corrected chi connectivity index (χ3v) is 4.50. The van der Waals surface area contributed by atoms with E-state index in [4.69, 9.17) is 19.8 Å². The highest BCUT2D eigenvalue weighted by Gasteiger charge is 2.52. The maximum absolute atomic E-state index is 10.5. The first-order valence-electron chi connectivity index (χ1n) is 8.16. The summed E-state index contributed by atoms with van der Waals surface area (Å²) in [5.74, 6) is 0. The quantitative estimate of drug-likeness (QED) is 0.609. The molecule has 0 spiro atoms. The summed E-state index contributed by atoms with van der Waals surface area (Å²) in [7, 11) is -0.409. The van der Waals surface area contributed by atoms with Gasteiger partial charge in [-0.05, 0) is 38.7 Å². The molecule has 1 saturated heterocycles. The van der Waals surface area contributed by atoms with Crippen molar-refractivity contribution in [3.63, 3.8) is 0 Å². The first kappa shape index (κ1) is 18.8. The monoisotopic (exact) mass is 335 g/mol. The molecule has 0 bridgehead atoms. The number of benzene rings is 1. The Bertz CT molecular complexity index is 560. The lowest BCUT2D eigenvalue weighted by atomic mass is 9.76. The van der Waals surface area contributed by atoms with Gasteiger partial charge in [-0.1, -0.05) is 24.3 Å². The van der Waals surface area contributed by atoms with Crippen LogP contribution in [-0.4, -0.2) is 37.6 Å². The molecule has 1 aliphatic heterocycles. The molecule has 1 aliphatic rings. The van der Waals surface area contributed by atoms with Crippen molar-refractivity contribution in [2.45, 2.75) is 51.9 Å². The number of rotatable bonds is 7. The number of nitrogens with two attached hydrogens (primary N) is 1. The molecular formula is C17H26BNO5. The van der Waals surface area contributed by atoms with E-state index >= 15 is 0 Å². The fourth-order valence-corrected chi connectivity index (χ4v) is 2.38. The SMILES string of the molecule is CC1(C)OB(c2ccccc2COCCCOC(N)=O)OC1(C)C. The summed E-state index contributed by atoms with van der Waals surface area (Å²) in [6.45, 7) is 9.31. The van der Waals surface area contributed by atoms with Crippen LogP contribution in [0.1, 0.15) is 39.7 Å². The Hall–Kier alpha value is -1.57. The Balaban J connectivity index is 1.93. The highest BCUT2D eigenvalue weighted by atomic mass is 16.7.